The highest BCUT2D eigenvalue weighted by atomic mass is 16.2. The molecule has 0 aromatic heterocycles. The lowest BCUT2D eigenvalue weighted by atomic mass is 10.1. The monoisotopic (exact) mass is 458 g/mol. The van der Waals surface area contributed by atoms with E-state index in [4.69, 9.17) is 0 Å². The van der Waals surface area contributed by atoms with Crippen LogP contribution in [0, 0.1) is 0 Å². The standard InChI is InChI=1S/C27H30N4O3/c1-3-9-25(32)30-24-15-8-13-22(17-24)28-18-26(33)31-23-14-7-12-21(16-23)27(34)29-19(2)20-10-5-4-6-11-20/h4-8,10-17,19,28H,3,9,18H2,1-2H3,(H,29,34)(H,30,32)(H,31,33). The molecule has 1 atom stereocenters. The number of hydrogen-bond donors (Lipinski definition) is 4. The van der Waals surface area contributed by atoms with Crippen LogP contribution in [0.3, 0.4) is 0 Å². The van der Waals surface area contributed by atoms with Crippen LogP contribution in [0.25, 0.3) is 0 Å². The average Bonchev–Trinajstić information content (AvgIpc) is 2.84. The average molecular weight is 459 g/mol. The molecule has 176 valence electrons. The van der Waals surface area contributed by atoms with Crippen molar-refractivity contribution in [1.82, 2.24) is 5.32 Å². The highest BCUT2D eigenvalue weighted by Gasteiger charge is 2.12. The summed E-state index contributed by atoms with van der Waals surface area (Å²) in [5.41, 5.74) is 3.40. The summed E-state index contributed by atoms with van der Waals surface area (Å²) in [6, 6.07) is 23.6. The van der Waals surface area contributed by atoms with Gasteiger partial charge >= 0.3 is 0 Å². The zero-order valence-corrected chi connectivity index (χ0v) is 19.4. The summed E-state index contributed by atoms with van der Waals surface area (Å²) < 4.78 is 0. The van der Waals surface area contributed by atoms with Crippen LogP contribution in [-0.4, -0.2) is 24.3 Å². The second-order valence-corrected chi connectivity index (χ2v) is 7.97. The Bertz CT molecular complexity index is 1130. The molecule has 7 nitrogen and oxygen atoms in total. The molecule has 0 spiro atoms. The van der Waals surface area contributed by atoms with Crippen LogP contribution in [-0.2, 0) is 9.59 Å². The first-order chi connectivity index (χ1) is 16.4. The second-order valence-electron chi connectivity index (χ2n) is 7.97. The molecule has 0 saturated heterocycles. The summed E-state index contributed by atoms with van der Waals surface area (Å²) in [5.74, 6) is -0.511. The predicted molar refractivity (Wildman–Crippen MR) is 136 cm³/mol. The molecule has 3 aromatic rings. The number of hydrogen-bond acceptors (Lipinski definition) is 4. The van der Waals surface area contributed by atoms with Gasteiger partial charge in [-0.15, -0.1) is 0 Å². The molecule has 4 N–H and O–H groups in total. The molecule has 0 fully saturated rings. The zero-order chi connectivity index (χ0) is 24.3. The van der Waals surface area contributed by atoms with Crippen LogP contribution in [0.1, 0.15) is 48.7 Å². The van der Waals surface area contributed by atoms with Crippen LogP contribution < -0.4 is 21.3 Å². The van der Waals surface area contributed by atoms with Gasteiger partial charge in [0.25, 0.3) is 5.91 Å². The molecule has 3 aromatic carbocycles. The van der Waals surface area contributed by atoms with Gasteiger partial charge in [-0.3, -0.25) is 14.4 Å². The minimum atomic E-state index is -0.254. The molecule has 34 heavy (non-hydrogen) atoms. The second kappa shape index (κ2) is 12.2. The molecule has 0 aliphatic carbocycles. The van der Waals surface area contributed by atoms with Gasteiger partial charge in [0.2, 0.25) is 11.8 Å². The minimum absolute atomic E-state index is 0.0355. The number of benzene rings is 3. The van der Waals surface area contributed by atoms with Gasteiger partial charge in [-0.25, -0.2) is 0 Å². The van der Waals surface area contributed by atoms with Gasteiger partial charge in [0, 0.05) is 29.0 Å². The highest BCUT2D eigenvalue weighted by Crippen LogP contribution is 2.17. The fourth-order valence-corrected chi connectivity index (χ4v) is 3.39. The Labute approximate surface area is 200 Å². The Morgan fingerprint density at radius 2 is 1.41 bits per heavy atom. The molecule has 3 amide bonds. The largest absolute Gasteiger partial charge is 0.376 e. The van der Waals surface area contributed by atoms with E-state index in [1.807, 2.05) is 50.2 Å². The van der Waals surface area contributed by atoms with Gasteiger partial charge in [-0.1, -0.05) is 49.4 Å². The Hall–Kier alpha value is -4.13. The first-order valence-corrected chi connectivity index (χ1v) is 11.3. The van der Waals surface area contributed by atoms with Crippen molar-refractivity contribution in [3.05, 3.63) is 90.0 Å². The number of rotatable bonds is 10. The molecule has 1 unspecified atom stereocenters. The summed E-state index contributed by atoms with van der Waals surface area (Å²) in [4.78, 5) is 36.9. The quantitative estimate of drug-likeness (QED) is 0.345. The van der Waals surface area contributed by atoms with Gasteiger partial charge in [0.05, 0.1) is 12.6 Å². The lowest BCUT2D eigenvalue weighted by Gasteiger charge is -2.15. The number of nitrogens with one attached hydrogen (secondary N) is 4. The Morgan fingerprint density at radius 3 is 2.15 bits per heavy atom. The van der Waals surface area contributed by atoms with Crippen molar-refractivity contribution in [3.8, 4) is 0 Å². The normalized spacial score (nSPS) is 11.2. The SMILES string of the molecule is CCCC(=O)Nc1cccc(NCC(=O)Nc2cccc(C(=O)NC(C)c3ccccc3)c2)c1. The van der Waals surface area contributed by atoms with E-state index >= 15 is 0 Å². The van der Waals surface area contributed by atoms with Gasteiger partial charge < -0.3 is 21.3 Å². The lowest BCUT2D eigenvalue weighted by molar-refractivity contribution is -0.116. The fraction of sp³-hybridized carbons (Fsp3) is 0.222. The summed E-state index contributed by atoms with van der Waals surface area (Å²) in [5, 5.41) is 11.7. The van der Waals surface area contributed by atoms with Crippen molar-refractivity contribution in [2.75, 3.05) is 22.5 Å². The van der Waals surface area contributed by atoms with Crippen molar-refractivity contribution in [2.24, 2.45) is 0 Å². The maximum atomic E-state index is 12.7. The molecule has 0 aliphatic rings. The predicted octanol–water partition coefficient (Wildman–Crippen LogP) is 4.97. The van der Waals surface area contributed by atoms with Crippen molar-refractivity contribution in [3.63, 3.8) is 0 Å². The first kappa shape index (κ1) is 24.5. The van der Waals surface area contributed by atoms with Crippen LogP contribution in [0.4, 0.5) is 17.1 Å². The van der Waals surface area contributed by atoms with E-state index in [9.17, 15) is 14.4 Å². The van der Waals surface area contributed by atoms with E-state index in [0.29, 0.717) is 29.0 Å². The fourth-order valence-electron chi connectivity index (χ4n) is 3.39. The van der Waals surface area contributed by atoms with Crippen molar-refractivity contribution < 1.29 is 14.4 Å². The number of amides is 3. The third-order valence-corrected chi connectivity index (χ3v) is 5.13. The third kappa shape index (κ3) is 7.48. The van der Waals surface area contributed by atoms with E-state index in [1.54, 1.807) is 42.5 Å². The van der Waals surface area contributed by atoms with Crippen LogP contribution in [0.2, 0.25) is 0 Å². The van der Waals surface area contributed by atoms with Crippen molar-refractivity contribution >= 4 is 34.8 Å². The smallest absolute Gasteiger partial charge is 0.251 e. The number of carbonyl (C=O) groups is 3. The maximum Gasteiger partial charge on any atom is 0.251 e. The first-order valence-electron chi connectivity index (χ1n) is 11.3. The number of anilines is 3. The highest BCUT2D eigenvalue weighted by molar-refractivity contribution is 5.98. The minimum Gasteiger partial charge on any atom is -0.376 e. The van der Waals surface area contributed by atoms with E-state index < -0.39 is 0 Å². The van der Waals surface area contributed by atoms with Crippen molar-refractivity contribution in [1.29, 1.82) is 0 Å². The van der Waals surface area contributed by atoms with E-state index in [-0.39, 0.29) is 30.3 Å². The molecule has 3 rings (SSSR count). The van der Waals surface area contributed by atoms with Gasteiger partial charge in [-0.05, 0) is 55.3 Å². The molecule has 7 heteroatoms. The zero-order valence-electron chi connectivity index (χ0n) is 19.4. The van der Waals surface area contributed by atoms with E-state index in [1.165, 1.54) is 0 Å². The van der Waals surface area contributed by atoms with Gasteiger partial charge in [0.1, 0.15) is 0 Å². The van der Waals surface area contributed by atoms with E-state index in [2.05, 4.69) is 21.3 Å². The Kier molecular flexibility index (Phi) is 8.80. The molecular formula is C27H30N4O3. The Balaban J connectivity index is 1.53. The summed E-state index contributed by atoms with van der Waals surface area (Å²) >= 11 is 0. The van der Waals surface area contributed by atoms with Crippen molar-refractivity contribution in [2.45, 2.75) is 32.7 Å². The molecule has 0 bridgehead atoms. The molecular weight excluding hydrogens is 428 g/mol. The van der Waals surface area contributed by atoms with Crippen LogP contribution in [0.5, 0.6) is 0 Å². The topological polar surface area (TPSA) is 99.3 Å². The van der Waals surface area contributed by atoms with Gasteiger partial charge in [-0.2, -0.15) is 0 Å². The maximum absolute atomic E-state index is 12.7. The third-order valence-electron chi connectivity index (χ3n) is 5.13. The summed E-state index contributed by atoms with van der Waals surface area (Å²) in [6.45, 7) is 3.91. The summed E-state index contributed by atoms with van der Waals surface area (Å²) in [6.07, 6.45) is 1.24. The van der Waals surface area contributed by atoms with Crippen LogP contribution in [0.15, 0.2) is 78.9 Å². The summed E-state index contributed by atoms with van der Waals surface area (Å²) in [7, 11) is 0. The molecule has 0 saturated carbocycles. The molecule has 0 radical (unpaired) electrons. The van der Waals surface area contributed by atoms with Crippen LogP contribution >= 0.6 is 0 Å². The van der Waals surface area contributed by atoms with E-state index in [0.717, 1.165) is 12.0 Å². The number of carbonyl (C=O) groups excluding carboxylic acids is 3. The van der Waals surface area contributed by atoms with Gasteiger partial charge in [0.15, 0.2) is 0 Å². The Morgan fingerprint density at radius 1 is 0.765 bits per heavy atom. The molecule has 0 aliphatic heterocycles. The molecule has 0 heterocycles. The lowest BCUT2D eigenvalue weighted by Crippen LogP contribution is -2.27.